The Morgan fingerprint density at radius 2 is 2.00 bits per heavy atom. The van der Waals surface area contributed by atoms with E-state index in [0.29, 0.717) is 0 Å². The smallest absolute Gasteiger partial charge is 0.0427 e. The van der Waals surface area contributed by atoms with Crippen molar-refractivity contribution in [3.8, 4) is 0 Å². The van der Waals surface area contributed by atoms with Crippen molar-refractivity contribution in [2.75, 3.05) is 6.54 Å². The fraction of sp³-hybridized carbons (Fsp3) is 0.308. The Labute approximate surface area is 86.2 Å². The molecule has 0 aromatic heterocycles. The standard InChI is InChI=1S/C13H17N/c1-3-4-8-11-14-12(2)13-9-6-5-7-10-13/h3-7,9-10H,8,11H2,1-2H3/b4-3-,14-12?. The minimum atomic E-state index is 0.880. The molecular formula is C13H17N. The summed E-state index contributed by atoms with van der Waals surface area (Å²) in [4.78, 5) is 4.50. The van der Waals surface area contributed by atoms with Crippen LogP contribution in [0.1, 0.15) is 25.8 Å². The third kappa shape index (κ3) is 3.56. The molecule has 0 aliphatic heterocycles. The molecule has 0 saturated carbocycles. The van der Waals surface area contributed by atoms with Gasteiger partial charge in [0, 0.05) is 12.3 Å². The van der Waals surface area contributed by atoms with E-state index in [-0.39, 0.29) is 0 Å². The van der Waals surface area contributed by atoms with Crippen LogP contribution in [0, 0.1) is 0 Å². The van der Waals surface area contributed by atoms with Gasteiger partial charge in [-0.15, -0.1) is 0 Å². The molecule has 0 heterocycles. The molecule has 1 aromatic carbocycles. The molecule has 0 atom stereocenters. The van der Waals surface area contributed by atoms with Gasteiger partial charge in [-0.1, -0.05) is 42.5 Å². The topological polar surface area (TPSA) is 12.4 Å². The maximum Gasteiger partial charge on any atom is 0.0427 e. The minimum absolute atomic E-state index is 0.880. The van der Waals surface area contributed by atoms with E-state index in [1.165, 1.54) is 5.56 Å². The van der Waals surface area contributed by atoms with Crippen LogP contribution in [0.25, 0.3) is 0 Å². The predicted octanol–water partition coefficient (Wildman–Crippen LogP) is 3.46. The van der Waals surface area contributed by atoms with Crippen LogP contribution in [0.4, 0.5) is 0 Å². The van der Waals surface area contributed by atoms with Crippen molar-refractivity contribution in [1.82, 2.24) is 0 Å². The predicted molar refractivity (Wildman–Crippen MR) is 63.0 cm³/mol. The van der Waals surface area contributed by atoms with Gasteiger partial charge in [0.15, 0.2) is 0 Å². The first kappa shape index (κ1) is 10.7. The van der Waals surface area contributed by atoms with Gasteiger partial charge >= 0.3 is 0 Å². The van der Waals surface area contributed by atoms with Crippen molar-refractivity contribution in [3.05, 3.63) is 48.0 Å². The van der Waals surface area contributed by atoms with Gasteiger partial charge in [-0.25, -0.2) is 0 Å². The van der Waals surface area contributed by atoms with Crippen molar-refractivity contribution >= 4 is 5.71 Å². The van der Waals surface area contributed by atoms with Gasteiger partial charge in [0.05, 0.1) is 0 Å². The second-order valence-electron chi connectivity index (χ2n) is 3.19. The molecule has 74 valence electrons. The maximum atomic E-state index is 4.50. The summed E-state index contributed by atoms with van der Waals surface area (Å²) >= 11 is 0. The molecule has 0 aliphatic rings. The highest BCUT2D eigenvalue weighted by Crippen LogP contribution is 2.01. The van der Waals surface area contributed by atoms with Crippen LogP contribution in [-0.2, 0) is 0 Å². The van der Waals surface area contributed by atoms with E-state index in [1.807, 2.05) is 25.1 Å². The molecular weight excluding hydrogens is 170 g/mol. The molecule has 14 heavy (non-hydrogen) atoms. The lowest BCUT2D eigenvalue weighted by Crippen LogP contribution is -1.95. The lowest BCUT2D eigenvalue weighted by Gasteiger charge is -1.99. The van der Waals surface area contributed by atoms with E-state index >= 15 is 0 Å². The van der Waals surface area contributed by atoms with Gasteiger partial charge in [0.2, 0.25) is 0 Å². The average molecular weight is 187 g/mol. The first-order valence-corrected chi connectivity index (χ1v) is 5.02. The molecule has 0 radical (unpaired) electrons. The molecule has 0 amide bonds. The molecule has 1 aromatic rings. The lowest BCUT2D eigenvalue weighted by molar-refractivity contribution is 1.00. The normalized spacial score (nSPS) is 12.3. The quantitative estimate of drug-likeness (QED) is 0.389. The van der Waals surface area contributed by atoms with Crippen molar-refractivity contribution < 1.29 is 0 Å². The first-order chi connectivity index (χ1) is 6.84. The highest BCUT2D eigenvalue weighted by molar-refractivity contribution is 5.98. The lowest BCUT2D eigenvalue weighted by atomic mass is 10.1. The number of nitrogens with zero attached hydrogens (tertiary/aromatic N) is 1. The second-order valence-corrected chi connectivity index (χ2v) is 3.19. The van der Waals surface area contributed by atoms with Crippen molar-refractivity contribution in [2.45, 2.75) is 20.3 Å². The zero-order valence-corrected chi connectivity index (χ0v) is 8.90. The molecule has 0 spiro atoms. The van der Waals surface area contributed by atoms with Crippen LogP contribution in [0.3, 0.4) is 0 Å². The highest BCUT2D eigenvalue weighted by atomic mass is 14.7. The van der Waals surface area contributed by atoms with Crippen molar-refractivity contribution in [3.63, 3.8) is 0 Å². The van der Waals surface area contributed by atoms with Gasteiger partial charge in [0.25, 0.3) is 0 Å². The van der Waals surface area contributed by atoms with E-state index < -0.39 is 0 Å². The van der Waals surface area contributed by atoms with Crippen LogP contribution >= 0.6 is 0 Å². The third-order valence-corrected chi connectivity index (χ3v) is 2.07. The summed E-state index contributed by atoms with van der Waals surface area (Å²) in [6, 6.07) is 10.3. The largest absolute Gasteiger partial charge is 0.289 e. The van der Waals surface area contributed by atoms with Gasteiger partial charge in [0.1, 0.15) is 0 Å². The SMILES string of the molecule is C/C=C\CCN=C(C)c1ccccc1. The van der Waals surface area contributed by atoms with Crippen LogP contribution in [0.5, 0.6) is 0 Å². The van der Waals surface area contributed by atoms with Crippen LogP contribution in [0.2, 0.25) is 0 Å². The van der Waals surface area contributed by atoms with Gasteiger partial charge in [-0.3, -0.25) is 4.99 Å². The zero-order chi connectivity index (χ0) is 10.2. The maximum absolute atomic E-state index is 4.50. The van der Waals surface area contributed by atoms with Crippen LogP contribution < -0.4 is 0 Å². The fourth-order valence-electron chi connectivity index (χ4n) is 1.24. The summed E-state index contributed by atoms with van der Waals surface area (Å²) in [6.45, 7) is 4.98. The molecule has 0 N–H and O–H groups in total. The minimum Gasteiger partial charge on any atom is -0.289 e. The third-order valence-electron chi connectivity index (χ3n) is 2.07. The summed E-state index contributed by atoms with van der Waals surface area (Å²) < 4.78 is 0. The second kappa shape index (κ2) is 6.14. The molecule has 0 saturated heterocycles. The summed E-state index contributed by atoms with van der Waals surface area (Å²) in [5.74, 6) is 0. The molecule has 0 bridgehead atoms. The summed E-state index contributed by atoms with van der Waals surface area (Å²) in [6.07, 6.45) is 5.23. The molecule has 0 fully saturated rings. The number of benzene rings is 1. The van der Waals surface area contributed by atoms with E-state index in [0.717, 1.165) is 18.7 Å². The number of allylic oxidation sites excluding steroid dienone is 1. The number of hydrogen-bond donors (Lipinski definition) is 0. The Morgan fingerprint density at radius 1 is 1.29 bits per heavy atom. The summed E-state index contributed by atoms with van der Waals surface area (Å²) in [7, 11) is 0. The van der Waals surface area contributed by atoms with Gasteiger partial charge in [-0.05, 0) is 25.8 Å². The van der Waals surface area contributed by atoms with Crippen molar-refractivity contribution in [2.24, 2.45) is 4.99 Å². The molecule has 1 rings (SSSR count). The van der Waals surface area contributed by atoms with E-state index in [4.69, 9.17) is 0 Å². The first-order valence-electron chi connectivity index (χ1n) is 5.02. The summed E-state index contributed by atoms with van der Waals surface area (Å²) in [5, 5.41) is 0. The van der Waals surface area contributed by atoms with Gasteiger partial charge < -0.3 is 0 Å². The Morgan fingerprint density at radius 3 is 2.64 bits per heavy atom. The fourth-order valence-corrected chi connectivity index (χ4v) is 1.24. The Hall–Kier alpha value is -1.37. The van der Waals surface area contributed by atoms with E-state index in [9.17, 15) is 0 Å². The monoisotopic (exact) mass is 187 g/mol. The molecule has 0 unspecified atom stereocenters. The molecule has 1 nitrogen and oxygen atoms in total. The highest BCUT2D eigenvalue weighted by Gasteiger charge is 1.93. The van der Waals surface area contributed by atoms with E-state index in [2.05, 4.69) is 36.2 Å². The average Bonchev–Trinajstić information content (AvgIpc) is 2.25. The van der Waals surface area contributed by atoms with Crippen molar-refractivity contribution in [1.29, 1.82) is 0 Å². The Kier molecular flexibility index (Phi) is 4.70. The Balaban J connectivity index is 2.52. The van der Waals surface area contributed by atoms with Crippen LogP contribution in [-0.4, -0.2) is 12.3 Å². The molecule has 1 heteroatoms. The summed E-state index contributed by atoms with van der Waals surface area (Å²) in [5.41, 5.74) is 2.34. The van der Waals surface area contributed by atoms with Gasteiger partial charge in [-0.2, -0.15) is 0 Å². The number of hydrogen-bond acceptors (Lipinski definition) is 1. The zero-order valence-electron chi connectivity index (χ0n) is 8.90. The number of rotatable bonds is 4. The van der Waals surface area contributed by atoms with E-state index in [1.54, 1.807) is 0 Å². The van der Waals surface area contributed by atoms with Crippen LogP contribution in [0.15, 0.2) is 47.5 Å². The number of aliphatic imine (C=N–C) groups is 1. The molecule has 0 aliphatic carbocycles. The Bertz CT molecular complexity index is 309.